The van der Waals surface area contributed by atoms with Crippen LogP contribution in [0.15, 0.2) is 11.8 Å². The van der Waals surface area contributed by atoms with Crippen LogP contribution in [0.2, 0.25) is 0 Å². The largest absolute Gasteiger partial charge is 0.499 e. The maximum Gasteiger partial charge on any atom is 0.121 e. The molecule has 0 aliphatic carbocycles. The molecule has 0 saturated heterocycles. The summed E-state index contributed by atoms with van der Waals surface area (Å²) in [6, 6.07) is 1.82. The molecule has 0 aliphatic rings. The van der Waals surface area contributed by atoms with Crippen molar-refractivity contribution >= 4 is 11.8 Å². The van der Waals surface area contributed by atoms with Crippen molar-refractivity contribution in [2.24, 2.45) is 0 Å². The molecule has 9 heavy (non-hydrogen) atoms. The van der Waals surface area contributed by atoms with Gasteiger partial charge in [-0.1, -0.05) is 0 Å². The Balaban J connectivity index is 3.70. The number of allylic oxidation sites excluding steroid dienone is 1. The van der Waals surface area contributed by atoms with E-state index < -0.39 is 0 Å². The highest BCUT2D eigenvalue weighted by Crippen LogP contribution is 1.91. The van der Waals surface area contributed by atoms with Gasteiger partial charge in [-0.2, -0.15) is 5.26 Å². The van der Waals surface area contributed by atoms with Crippen LogP contribution in [0, 0.1) is 11.3 Å². The number of rotatable bonds is 3. The van der Waals surface area contributed by atoms with Gasteiger partial charge in [0.15, 0.2) is 0 Å². The normalized spacial score (nSPS) is 10.6. The fraction of sp³-hybridized carbons (Fsp3) is 0.400. The van der Waals surface area contributed by atoms with Crippen LogP contribution in [-0.2, 0) is 4.74 Å². The van der Waals surface area contributed by atoms with E-state index in [0.29, 0.717) is 12.3 Å². The van der Waals surface area contributed by atoms with E-state index >= 15 is 0 Å². The standard InChI is InChI=1S/C5H7ClN2O/c1-9-5(2-3-7)4-8-6/h2,8H,4H2,1H3/b5-2+. The molecule has 0 atom stereocenters. The lowest BCUT2D eigenvalue weighted by molar-refractivity contribution is 0.285. The van der Waals surface area contributed by atoms with Gasteiger partial charge < -0.3 is 4.74 Å². The third kappa shape index (κ3) is 3.83. The molecule has 0 heterocycles. The van der Waals surface area contributed by atoms with E-state index in [-0.39, 0.29) is 0 Å². The van der Waals surface area contributed by atoms with E-state index in [1.807, 2.05) is 6.07 Å². The Morgan fingerprint density at radius 2 is 2.67 bits per heavy atom. The van der Waals surface area contributed by atoms with Crippen molar-refractivity contribution in [3.63, 3.8) is 0 Å². The molecule has 50 valence electrons. The van der Waals surface area contributed by atoms with Crippen LogP contribution < -0.4 is 4.84 Å². The van der Waals surface area contributed by atoms with Crippen molar-refractivity contribution < 1.29 is 4.74 Å². The van der Waals surface area contributed by atoms with Gasteiger partial charge in [-0.05, 0) is 11.8 Å². The number of hydrogen-bond acceptors (Lipinski definition) is 3. The number of hydrogen-bond donors (Lipinski definition) is 1. The van der Waals surface area contributed by atoms with Crippen molar-refractivity contribution in [3.8, 4) is 6.07 Å². The summed E-state index contributed by atoms with van der Waals surface area (Å²) < 4.78 is 4.72. The molecular weight excluding hydrogens is 140 g/mol. The molecule has 0 aliphatic heterocycles. The van der Waals surface area contributed by atoms with Gasteiger partial charge in [0.05, 0.1) is 25.8 Å². The number of halogens is 1. The summed E-state index contributed by atoms with van der Waals surface area (Å²) in [5, 5.41) is 8.12. The van der Waals surface area contributed by atoms with Crippen molar-refractivity contribution in [2.75, 3.05) is 13.7 Å². The van der Waals surface area contributed by atoms with Crippen molar-refractivity contribution in [2.45, 2.75) is 0 Å². The minimum Gasteiger partial charge on any atom is -0.499 e. The van der Waals surface area contributed by atoms with Crippen LogP contribution in [0.25, 0.3) is 0 Å². The van der Waals surface area contributed by atoms with E-state index in [0.717, 1.165) is 0 Å². The van der Waals surface area contributed by atoms with Gasteiger partial charge in [-0.3, -0.25) is 0 Å². The van der Waals surface area contributed by atoms with Gasteiger partial charge >= 0.3 is 0 Å². The zero-order valence-corrected chi connectivity index (χ0v) is 5.77. The van der Waals surface area contributed by atoms with Gasteiger partial charge in [0.1, 0.15) is 5.76 Å². The van der Waals surface area contributed by atoms with Crippen LogP contribution in [0.5, 0.6) is 0 Å². The van der Waals surface area contributed by atoms with Gasteiger partial charge in [0.2, 0.25) is 0 Å². The zero-order valence-electron chi connectivity index (χ0n) is 5.02. The first-order chi connectivity index (χ1) is 4.35. The lowest BCUT2D eigenvalue weighted by Crippen LogP contribution is -2.05. The van der Waals surface area contributed by atoms with E-state index in [2.05, 4.69) is 4.84 Å². The molecule has 0 aromatic carbocycles. The number of methoxy groups -OCH3 is 1. The summed E-state index contributed by atoms with van der Waals surface area (Å²) in [5.74, 6) is 0.521. The first-order valence-corrected chi connectivity index (χ1v) is 2.69. The number of nitrogens with zero attached hydrogens (tertiary/aromatic N) is 1. The highest BCUT2D eigenvalue weighted by molar-refractivity contribution is 6.13. The minimum absolute atomic E-state index is 0.367. The Hall–Kier alpha value is -0.720. The van der Waals surface area contributed by atoms with Crippen molar-refractivity contribution in [3.05, 3.63) is 11.8 Å². The first-order valence-electron chi connectivity index (χ1n) is 2.31. The second-order valence-corrected chi connectivity index (χ2v) is 1.52. The van der Waals surface area contributed by atoms with E-state index in [1.54, 1.807) is 0 Å². The second-order valence-electron chi connectivity index (χ2n) is 1.25. The molecule has 0 aromatic heterocycles. The van der Waals surface area contributed by atoms with Crippen LogP contribution >= 0.6 is 11.8 Å². The maximum atomic E-state index is 8.12. The molecule has 0 amide bonds. The van der Waals surface area contributed by atoms with Crippen molar-refractivity contribution in [1.29, 1.82) is 5.26 Å². The average molecular weight is 147 g/mol. The zero-order chi connectivity index (χ0) is 7.11. The summed E-state index contributed by atoms with van der Waals surface area (Å²) in [4.78, 5) is 2.33. The molecule has 0 unspecified atom stereocenters. The molecule has 0 radical (unpaired) electrons. The molecule has 0 rings (SSSR count). The summed E-state index contributed by atoms with van der Waals surface area (Å²) in [5.41, 5.74) is 0. The smallest absolute Gasteiger partial charge is 0.121 e. The Labute approximate surface area is 59.0 Å². The number of nitrogens with one attached hydrogen (secondary N) is 1. The molecule has 0 aromatic rings. The predicted molar refractivity (Wildman–Crippen MR) is 34.6 cm³/mol. The maximum absolute atomic E-state index is 8.12. The van der Waals surface area contributed by atoms with E-state index in [9.17, 15) is 0 Å². The number of nitriles is 1. The Morgan fingerprint density at radius 3 is 3.00 bits per heavy atom. The highest BCUT2D eigenvalue weighted by Gasteiger charge is 1.90. The fourth-order valence-corrected chi connectivity index (χ4v) is 0.452. The monoisotopic (exact) mass is 146 g/mol. The Morgan fingerprint density at radius 1 is 2.00 bits per heavy atom. The third-order valence-corrected chi connectivity index (χ3v) is 0.862. The van der Waals surface area contributed by atoms with Crippen molar-refractivity contribution in [1.82, 2.24) is 4.84 Å². The summed E-state index contributed by atoms with van der Waals surface area (Å²) in [6.07, 6.45) is 1.29. The fourth-order valence-electron chi connectivity index (χ4n) is 0.320. The van der Waals surface area contributed by atoms with Crippen LogP contribution in [0.4, 0.5) is 0 Å². The SMILES string of the molecule is CO/C(=C/C#N)CNCl. The van der Waals surface area contributed by atoms with Crippen LogP contribution in [-0.4, -0.2) is 13.7 Å². The second kappa shape index (κ2) is 5.42. The number of ether oxygens (including phenoxy) is 1. The topological polar surface area (TPSA) is 45.0 Å². The summed E-state index contributed by atoms with van der Waals surface area (Å²) in [7, 11) is 1.48. The van der Waals surface area contributed by atoms with Gasteiger partial charge in [-0.15, -0.1) is 0 Å². The van der Waals surface area contributed by atoms with Gasteiger partial charge in [0.25, 0.3) is 0 Å². The third-order valence-electron chi connectivity index (χ3n) is 0.729. The summed E-state index contributed by atoms with van der Waals surface area (Å²) in [6.45, 7) is 0.367. The lowest BCUT2D eigenvalue weighted by Gasteiger charge is -1.99. The first kappa shape index (κ1) is 8.28. The molecule has 0 saturated carbocycles. The molecule has 0 bridgehead atoms. The van der Waals surface area contributed by atoms with Crippen LogP contribution in [0.1, 0.15) is 0 Å². The van der Waals surface area contributed by atoms with Crippen LogP contribution in [0.3, 0.4) is 0 Å². The minimum atomic E-state index is 0.367. The van der Waals surface area contributed by atoms with E-state index in [4.69, 9.17) is 21.8 Å². The van der Waals surface area contributed by atoms with Gasteiger partial charge in [0, 0.05) is 0 Å². The summed E-state index contributed by atoms with van der Waals surface area (Å²) >= 11 is 5.13. The predicted octanol–water partition coefficient (Wildman–Crippen LogP) is 0.784. The van der Waals surface area contributed by atoms with E-state index in [1.165, 1.54) is 13.2 Å². The average Bonchev–Trinajstić information content (AvgIpc) is 1.88. The molecule has 3 nitrogen and oxygen atoms in total. The molecule has 4 heteroatoms. The quantitative estimate of drug-likeness (QED) is 0.364. The molecule has 0 fully saturated rings. The van der Waals surface area contributed by atoms with Gasteiger partial charge in [-0.25, -0.2) is 4.84 Å². The highest BCUT2D eigenvalue weighted by atomic mass is 35.5. The molecule has 0 spiro atoms. The Kier molecular flexibility index (Phi) is 4.98. The lowest BCUT2D eigenvalue weighted by atomic mass is 10.5. The molecule has 1 N–H and O–H groups in total. The Bertz CT molecular complexity index is 138. The molecular formula is C5H7ClN2O.